The maximum Gasteiger partial charge on any atom is 0.164 e. The molecule has 2 heterocycles. The summed E-state index contributed by atoms with van der Waals surface area (Å²) in [5, 5.41) is 18.8. The summed E-state index contributed by atoms with van der Waals surface area (Å²) in [5.74, 6) is 1.80. The fourth-order valence-electron chi connectivity index (χ4n) is 7.31. The van der Waals surface area contributed by atoms with Crippen LogP contribution in [0, 0.1) is 11.3 Å². The summed E-state index contributed by atoms with van der Waals surface area (Å²) < 4.78 is 2.30. The standard InChI is InChI=1S/C46H27N5/c47-28-29-16-22-42-39(24-29)40-27-37(21-23-43(40)51(42)41-15-7-13-32-10-5-6-14-38(32)41)46-49-44(35-19-17-30-8-1-3-11-33(30)25-35)48-45(50-46)36-20-18-31-9-2-4-12-34(31)26-36/h1-27H. The summed E-state index contributed by atoms with van der Waals surface area (Å²) in [5.41, 5.74) is 6.48. The van der Waals surface area contributed by atoms with Crippen LogP contribution in [-0.4, -0.2) is 19.5 Å². The number of hydrogen-bond donors (Lipinski definition) is 0. The Bertz CT molecular complexity index is 2960. The topological polar surface area (TPSA) is 67.4 Å². The monoisotopic (exact) mass is 649 g/mol. The highest BCUT2D eigenvalue weighted by atomic mass is 15.0. The smallest absolute Gasteiger partial charge is 0.164 e. The minimum atomic E-state index is 0.584. The zero-order valence-corrected chi connectivity index (χ0v) is 27.3. The molecule has 10 rings (SSSR count). The zero-order valence-electron chi connectivity index (χ0n) is 27.3. The summed E-state index contributed by atoms with van der Waals surface area (Å²) in [6.45, 7) is 0. The third-order valence-electron chi connectivity index (χ3n) is 9.81. The van der Waals surface area contributed by atoms with Crippen LogP contribution in [0.15, 0.2) is 164 Å². The maximum atomic E-state index is 9.89. The lowest BCUT2D eigenvalue weighted by Gasteiger charge is -2.12. The lowest BCUT2D eigenvalue weighted by Crippen LogP contribution is -2.00. The molecule has 0 saturated carbocycles. The van der Waals surface area contributed by atoms with Gasteiger partial charge in [0.15, 0.2) is 17.5 Å². The number of nitrogens with zero attached hydrogens (tertiary/aromatic N) is 5. The van der Waals surface area contributed by atoms with Crippen molar-refractivity contribution in [2.24, 2.45) is 0 Å². The number of fused-ring (bicyclic) bond motifs is 6. The summed E-state index contributed by atoms with van der Waals surface area (Å²) in [6, 6.07) is 58.8. The molecule has 51 heavy (non-hydrogen) atoms. The molecule has 0 aliphatic carbocycles. The molecule has 0 N–H and O–H groups in total. The Labute approximate surface area is 293 Å². The summed E-state index contributed by atoms with van der Waals surface area (Å²) in [7, 11) is 0. The van der Waals surface area contributed by atoms with E-state index in [2.05, 4.69) is 132 Å². The molecule has 0 radical (unpaired) electrons. The number of benzene rings is 8. The molecule has 10 aromatic rings. The Kier molecular flexibility index (Phi) is 6.48. The van der Waals surface area contributed by atoms with Crippen molar-refractivity contribution in [2.45, 2.75) is 0 Å². The normalized spacial score (nSPS) is 11.5. The largest absolute Gasteiger partial charge is 0.309 e. The van der Waals surface area contributed by atoms with Gasteiger partial charge in [-0.1, -0.05) is 109 Å². The molecule has 0 spiro atoms. The predicted molar refractivity (Wildman–Crippen MR) is 208 cm³/mol. The van der Waals surface area contributed by atoms with Crippen LogP contribution in [-0.2, 0) is 0 Å². The first-order valence-corrected chi connectivity index (χ1v) is 16.9. The van der Waals surface area contributed by atoms with Crippen LogP contribution >= 0.6 is 0 Å². The van der Waals surface area contributed by atoms with Gasteiger partial charge < -0.3 is 4.57 Å². The molecule has 5 nitrogen and oxygen atoms in total. The van der Waals surface area contributed by atoms with Crippen LogP contribution in [0.3, 0.4) is 0 Å². The Balaban J connectivity index is 1.22. The second kappa shape index (κ2) is 11.5. The average molecular weight is 650 g/mol. The molecule has 0 atom stereocenters. The van der Waals surface area contributed by atoms with E-state index in [-0.39, 0.29) is 0 Å². The Morgan fingerprint density at radius 3 is 1.51 bits per heavy atom. The molecule has 8 aromatic carbocycles. The third kappa shape index (κ3) is 4.81. The van der Waals surface area contributed by atoms with Crippen molar-refractivity contribution in [1.82, 2.24) is 19.5 Å². The highest BCUT2D eigenvalue weighted by molar-refractivity contribution is 6.12. The van der Waals surface area contributed by atoms with Gasteiger partial charge in [0.1, 0.15) is 0 Å². The van der Waals surface area contributed by atoms with Crippen LogP contribution in [0.2, 0.25) is 0 Å². The second-order valence-electron chi connectivity index (χ2n) is 12.8. The summed E-state index contributed by atoms with van der Waals surface area (Å²) in [6.07, 6.45) is 0. The predicted octanol–water partition coefficient (Wildman–Crippen LogP) is 11.3. The number of aromatic nitrogens is 4. The minimum absolute atomic E-state index is 0.584. The van der Waals surface area contributed by atoms with Crippen molar-refractivity contribution in [3.63, 3.8) is 0 Å². The maximum absolute atomic E-state index is 9.89. The van der Waals surface area contributed by atoms with Crippen molar-refractivity contribution in [3.8, 4) is 45.9 Å². The summed E-state index contributed by atoms with van der Waals surface area (Å²) in [4.78, 5) is 15.3. The van der Waals surface area contributed by atoms with E-state index >= 15 is 0 Å². The van der Waals surface area contributed by atoms with E-state index in [4.69, 9.17) is 15.0 Å². The fourth-order valence-corrected chi connectivity index (χ4v) is 7.31. The first-order chi connectivity index (χ1) is 25.2. The van der Waals surface area contributed by atoms with Gasteiger partial charge in [-0.15, -0.1) is 0 Å². The van der Waals surface area contributed by atoms with Gasteiger partial charge in [0.25, 0.3) is 0 Å². The number of nitriles is 1. The quantitative estimate of drug-likeness (QED) is 0.190. The first kappa shape index (κ1) is 28.8. The van der Waals surface area contributed by atoms with E-state index in [1.807, 2.05) is 42.5 Å². The van der Waals surface area contributed by atoms with E-state index in [0.29, 0.717) is 23.0 Å². The van der Waals surface area contributed by atoms with Gasteiger partial charge in [-0.05, 0) is 81.5 Å². The second-order valence-corrected chi connectivity index (χ2v) is 12.8. The van der Waals surface area contributed by atoms with E-state index in [9.17, 15) is 5.26 Å². The summed E-state index contributed by atoms with van der Waals surface area (Å²) >= 11 is 0. The fraction of sp³-hybridized carbons (Fsp3) is 0. The Hall–Kier alpha value is -7.16. The van der Waals surface area contributed by atoms with Gasteiger partial charge in [-0.3, -0.25) is 0 Å². The van der Waals surface area contributed by atoms with Crippen LogP contribution in [0.1, 0.15) is 5.56 Å². The van der Waals surface area contributed by atoms with Crippen LogP contribution in [0.5, 0.6) is 0 Å². The van der Waals surface area contributed by atoms with Gasteiger partial charge in [-0.25, -0.2) is 15.0 Å². The number of hydrogen-bond acceptors (Lipinski definition) is 4. The molecule has 0 aliphatic heterocycles. The van der Waals surface area contributed by atoms with Gasteiger partial charge in [0, 0.05) is 32.8 Å². The van der Waals surface area contributed by atoms with Crippen LogP contribution in [0.25, 0.3) is 94.0 Å². The van der Waals surface area contributed by atoms with E-state index in [1.165, 1.54) is 5.39 Å². The molecule has 0 aliphatic rings. The molecule has 2 aromatic heterocycles. The van der Waals surface area contributed by atoms with Gasteiger partial charge in [0.05, 0.1) is 28.4 Å². The van der Waals surface area contributed by atoms with E-state index in [0.717, 1.165) is 71.1 Å². The molecule has 0 amide bonds. The zero-order chi connectivity index (χ0) is 33.9. The van der Waals surface area contributed by atoms with Crippen molar-refractivity contribution < 1.29 is 0 Å². The third-order valence-corrected chi connectivity index (χ3v) is 9.81. The minimum Gasteiger partial charge on any atom is -0.309 e. The van der Waals surface area contributed by atoms with Crippen molar-refractivity contribution >= 4 is 54.1 Å². The molecule has 236 valence electrons. The van der Waals surface area contributed by atoms with Crippen molar-refractivity contribution in [1.29, 1.82) is 5.26 Å². The number of rotatable bonds is 4. The molecular weight excluding hydrogens is 623 g/mol. The first-order valence-electron chi connectivity index (χ1n) is 16.9. The molecule has 0 unspecified atom stereocenters. The molecule has 0 bridgehead atoms. The van der Waals surface area contributed by atoms with Crippen LogP contribution < -0.4 is 0 Å². The van der Waals surface area contributed by atoms with Gasteiger partial charge >= 0.3 is 0 Å². The molecule has 0 saturated heterocycles. The SMILES string of the molecule is N#Cc1ccc2c(c1)c1cc(-c3nc(-c4ccc5ccccc5c4)nc(-c4ccc5ccccc5c4)n3)ccc1n2-c1cccc2ccccc12. The Morgan fingerprint density at radius 2 is 0.882 bits per heavy atom. The van der Waals surface area contributed by atoms with Crippen molar-refractivity contribution in [3.05, 3.63) is 169 Å². The van der Waals surface area contributed by atoms with E-state index in [1.54, 1.807) is 0 Å². The lowest BCUT2D eigenvalue weighted by atomic mass is 10.0. The highest BCUT2D eigenvalue weighted by Crippen LogP contribution is 2.37. The van der Waals surface area contributed by atoms with Gasteiger partial charge in [-0.2, -0.15) is 5.26 Å². The van der Waals surface area contributed by atoms with Crippen molar-refractivity contribution in [2.75, 3.05) is 0 Å². The van der Waals surface area contributed by atoms with Gasteiger partial charge in [0.2, 0.25) is 0 Å². The molecule has 5 heteroatoms. The molecular formula is C46H27N5. The highest BCUT2D eigenvalue weighted by Gasteiger charge is 2.18. The van der Waals surface area contributed by atoms with Crippen LogP contribution in [0.4, 0.5) is 0 Å². The molecule has 0 fully saturated rings. The van der Waals surface area contributed by atoms with E-state index < -0.39 is 0 Å². The lowest BCUT2D eigenvalue weighted by molar-refractivity contribution is 1.08. The Morgan fingerprint density at radius 1 is 0.392 bits per heavy atom. The average Bonchev–Trinajstić information content (AvgIpc) is 3.52.